The molecule has 266 valence electrons. The Kier molecular flexibility index (Phi) is 11.7. The average Bonchev–Trinajstić information content (AvgIpc) is 3.16. The molecule has 0 aliphatic carbocycles. The number of carboxylic acid groups (broad SMARTS) is 1. The van der Waals surface area contributed by atoms with Crippen LogP contribution in [0.2, 0.25) is 0 Å². The van der Waals surface area contributed by atoms with Crippen molar-refractivity contribution in [1.29, 1.82) is 0 Å². The maximum absolute atomic E-state index is 12.1. The number of piperazine rings is 1. The third kappa shape index (κ3) is 9.56. The van der Waals surface area contributed by atoms with Crippen molar-refractivity contribution in [2.75, 3.05) is 37.6 Å². The molecule has 0 aromatic heterocycles. The summed E-state index contributed by atoms with van der Waals surface area (Å²) in [5, 5.41) is 32.3. The highest BCUT2D eigenvalue weighted by molar-refractivity contribution is 5.80. The van der Waals surface area contributed by atoms with Gasteiger partial charge in [-0.3, -0.25) is 24.6 Å². The molecule has 1 amide bonds. The smallest absolute Gasteiger partial charge is 0.303 e. The quantitative estimate of drug-likeness (QED) is 0.119. The fourth-order valence-corrected chi connectivity index (χ4v) is 6.53. The fourth-order valence-electron chi connectivity index (χ4n) is 6.53. The number of ether oxygens (including phenoxy) is 2. The molecule has 0 bridgehead atoms. The van der Waals surface area contributed by atoms with Crippen molar-refractivity contribution in [2.45, 2.75) is 50.9 Å². The second-order valence-electron chi connectivity index (χ2n) is 12.9. The number of carbonyl (C=O) groups excluding carboxylic acids is 1. The van der Waals surface area contributed by atoms with Gasteiger partial charge in [0.05, 0.1) is 30.2 Å². The summed E-state index contributed by atoms with van der Waals surface area (Å²) >= 11 is 0. The number of non-ortho nitro benzene ring substituents is 1. The lowest BCUT2D eigenvalue weighted by molar-refractivity contribution is -0.384. The SMILES string of the molecule is O=C(O)CCC(=O)NCc1cccc(-c2cccc([C@@H]3O[C@H](CN4CCN(c5ccc([N+](=O)[O-])cc5)CC4)C[C@H](c4ccc(CO)cc4)O3)c2)c1. The van der Waals surface area contributed by atoms with Gasteiger partial charge in [-0.25, -0.2) is 0 Å². The zero-order valence-corrected chi connectivity index (χ0v) is 28.2. The van der Waals surface area contributed by atoms with Crippen LogP contribution in [0, 0.1) is 10.1 Å². The Morgan fingerprint density at radius 1 is 0.824 bits per heavy atom. The highest BCUT2D eigenvalue weighted by Gasteiger charge is 2.34. The molecule has 0 saturated carbocycles. The van der Waals surface area contributed by atoms with Crippen LogP contribution in [-0.2, 0) is 32.2 Å². The third-order valence-corrected chi connectivity index (χ3v) is 9.35. The van der Waals surface area contributed by atoms with Crippen LogP contribution in [-0.4, -0.2) is 70.7 Å². The first-order valence-corrected chi connectivity index (χ1v) is 17.1. The Morgan fingerprint density at radius 2 is 1.53 bits per heavy atom. The van der Waals surface area contributed by atoms with E-state index < -0.39 is 12.3 Å². The van der Waals surface area contributed by atoms with Gasteiger partial charge in [-0.15, -0.1) is 0 Å². The Balaban J connectivity index is 1.15. The molecule has 0 radical (unpaired) electrons. The minimum absolute atomic E-state index is 0.0307. The molecule has 2 aliphatic heterocycles. The monoisotopic (exact) mass is 694 g/mol. The van der Waals surface area contributed by atoms with Gasteiger partial charge in [0.25, 0.3) is 5.69 Å². The molecule has 2 fully saturated rings. The average molecular weight is 695 g/mol. The van der Waals surface area contributed by atoms with Crippen molar-refractivity contribution in [2.24, 2.45) is 0 Å². The zero-order valence-electron chi connectivity index (χ0n) is 28.2. The van der Waals surface area contributed by atoms with Gasteiger partial charge in [0.1, 0.15) is 0 Å². The van der Waals surface area contributed by atoms with E-state index in [-0.39, 0.29) is 48.2 Å². The van der Waals surface area contributed by atoms with E-state index in [1.54, 1.807) is 24.3 Å². The number of aliphatic hydroxyl groups excluding tert-OH is 1. The minimum Gasteiger partial charge on any atom is -0.481 e. The Bertz CT molecular complexity index is 1810. The number of nitro groups is 1. The van der Waals surface area contributed by atoms with Crippen LogP contribution in [0.25, 0.3) is 11.1 Å². The number of nitro benzene ring substituents is 1. The van der Waals surface area contributed by atoms with Gasteiger partial charge in [-0.05, 0) is 52.1 Å². The highest BCUT2D eigenvalue weighted by Crippen LogP contribution is 2.39. The van der Waals surface area contributed by atoms with Gasteiger partial charge in [0.15, 0.2) is 6.29 Å². The summed E-state index contributed by atoms with van der Waals surface area (Å²) in [7, 11) is 0. The van der Waals surface area contributed by atoms with E-state index in [0.29, 0.717) is 13.0 Å². The fraction of sp³-hybridized carbons (Fsp3) is 0.333. The van der Waals surface area contributed by atoms with Crippen molar-refractivity contribution in [1.82, 2.24) is 10.2 Å². The summed E-state index contributed by atoms with van der Waals surface area (Å²) in [6.07, 6.45) is -0.569. The highest BCUT2D eigenvalue weighted by atomic mass is 16.7. The maximum atomic E-state index is 12.1. The number of anilines is 1. The van der Waals surface area contributed by atoms with E-state index in [1.165, 1.54) is 0 Å². The van der Waals surface area contributed by atoms with Gasteiger partial charge in [-0.1, -0.05) is 60.7 Å². The van der Waals surface area contributed by atoms with Crippen LogP contribution in [0.4, 0.5) is 11.4 Å². The third-order valence-electron chi connectivity index (χ3n) is 9.35. The number of aliphatic carboxylic acids is 1. The number of nitrogens with zero attached hydrogens (tertiary/aromatic N) is 3. The van der Waals surface area contributed by atoms with E-state index >= 15 is 0 Å². The summed E-state index contributed by atoms with van der Waals surface area (Å²) in [6.45, 7) is 4.22. The molecule has 2 heterocycles. The minimum atomic E-state index is -1.00. The molecule has 3 N–H and O–H groups in total. The van der Waals surface area contributed by atoms with Gasteiger partial charge >= 0.3 is 5.97 Å². The first kappa shape index (κ1) is 35.7. The van der Waals surface area contributed by atoms with E-state index in [0.717, 1.165) is 71.8 Å². The van der Waals surface area contributed by atoms with Crippen molar-refractivity contribution < 1.29 is 34.2 Å². The van der Waals surface area contributed by atoms with Crippen molar-refractivity contribution in [3.05, 3.63) is 129 Å². The molecule has 3 atom stereocenters. The van der Waals surface area contributed by atoms with Gasteiger partial charge < -0.3 is 29.9 Å². The number of hydrogen-bond acceptors (Lipinski definition) is 9. The van der Waals surface area contributed by atoms with Gasteiger partial charge in [0.2, 0.25) is 5.91 Å². The topological polar surface area (TPSA) is 155 Å². The molecule has 2 aliphatic rings. The van der Waals surface area contributed by atoms with E-state index in [4.69, 9.17) is 14.6 Å². The first-order valence-electron chi connectivity index (χ1n) is 17.1. The number of hydrogen-bond donors (Lipinski definition) is 3. The normalized spacial score (nSPS) is 19.4. The Labute approximate surface area is 296 Å². The summed E-state index contributed by atoms with van der Waals surface area (Å²) in [4.78, 5) is 38.2. The lowest BCUT2D eigenvalue weighted by Gasteiger charge is -2.41. The summed E-state index contributed by atoms with van der Waals surface area (Å²) < 4.78 is 13.3. The number of amides is 1. The van der Waals surface area contributed by atoms with Crippen LogP contribution in [0.3, 0.4) is 0 Å². The van der Waals surface area contributed by atoms with Crippen LogP contribution in [0.1, 0.15) is 53.9 Å². The molecular weight excluding hydrogens is 652 g/mol. The number of carbonyl (C=O) groups is 2. The summed E-state index contributed by atoms with van der Waals surface area (Å²) in [5.74, 6) is -1.31. The van der Waals surface area contributed by atoms with Crippen LogP contribution < -0.4 is 10.2 Å². The molecule has 12 heteroatoms. The predicted octanol–water partition coefficient (Wildman–Crippen LogP) is 5.60. The molecule has 4 aromatic carbocycles. The van der Waals surface area contributed by atoms with Crippen molar-refractivity contribution >= 4 is 23.3 Å². The van der Waals surface area contributed by atoms with E-state index in [2.05, 4.69) is 21.2 Å². The standard InChI is InChI=1S/C39H42N4O8/c44-26-27-7-9-29(10-8-27)36-23-35(25-41-17-19-42(20-18-41)33-11-13-34(14-12-33)43(48)49)50-39(51-36)32-6-2-5-31(22-32)30-4-1-3-28(21-30)24-40-37(45)15-16-38(46)47/h1-14,21-22,35-36,39,44H,15-20,23-26H2,(H,40,45)(H,46,47)/t35-,36+,39+/m0/s1. The predicted molar refractivity (Wildman–Crippen MR) is 191 cm³/mol. The second-order valence-corrected chi connectivity index (χ2v) is 12.9. The largest absolute Gasteiger partial charge is 0.481 e. The molecule has 2 saturated heterocycles. The molecule has 0 spiro atoms. The Hall–Kier alpha value is -5.14. The van der Waals surface area contributed by atoms with Crippen LogP contribution >= 0.6 is 0 Å². The van der Waals surface area contributed by atoms with Gasteiger partial charge in [0, 0.05) is 75.5 Å². The number of rotatable bonds is 13. The molecular formula is C39H42N4O8. The van der Waals surface area contributed by atoms with Crippen molar-refractivity contribution in [3.8, 4) is 11.1 Å². The number of aliphatic hydroxyl groups is 1. The first-order chi connectivity index (χ1) is 24.7. The number of benzene rings is 4. The zero-order chi connectivity index (χ0) is 35.7. The second kappa shape index (κ2) is 16.7. The van der Waals surface area contributed by atoms with Crippen molar-refractivity contribution in [3.63, 3.8) is 0 Å². The number of nitrogens with one attached hydrogen (secondary N) is 1. The molecule has 51 heavy (non-hydrogen) atoms. The van der Waals surface area contributed by atoms with Crippen LogP contribution in [0.15, 0.2) is 97.1 Å². The summed E-state index contributed by atoms with van der Waals surface area (Å²) in [6, 6.07) is 30.4. The molecule has 0 unspecified atom stereocenters. The molecule has 6 rings (SSSR count). The lowest BCUT2D eigenvalue weighted by atomic mass is 9.98. The number of carboxylic acids is 1. The Morgan fingerprint density at radius 3 is 2.22 bits per heavy atom. The van der Waals surface area contributed by atoms with E-state index in [9.17, 15) is 24.8 Å². The maximum Gasteiger partial charge on any atom is 0.303 e. The van der Waals surface area contributed by atoms with Gasteiger partial charge in [-0.2, -0.15) is 0 Å². The molecule has 12 nitrogen and oxygen atoms in total. The van der Waals surface area contributed by atoms with Crippen LogP contribution in [0.5, 0.6) is 0 Å². The molecule has 4 aromatic rings. The lowest BCUT2D eigenvalue weighted by Crippen LogP contribution is -2.49. The summed E-state index contributed by atoms with van der Waals surface area (Å²) in [5.41, 5.74) is 6.61. The van der Waals surface area contributed by atoms with E-state index in [1.807, 2.05) is 66.7 Å².